The molecule has 0 radical (unpaired) electrons. The third-order valence-electron chi connectivity index (χ3n) is 2.81. The van der Waals surface area contributed by atoms with Gasteiger partial charge in [-0.1, -0.05) is 18.5 Å². The highest BCUT2D eigenvalue weighted by molar-refractivity contribution is 6.07. The van der Waals surface area contributed by atoms with Crippen molar-refractivity contribution in [2.75, 3.05) is 5.32 Å². The summed E-state index contributed by atoms with van der Waals surface area (Å²) in [6, 6.07) is 4.08. The largest absolute Gasteiger partial charge is 0.409 e. The average molecular weight is 267 g/mol. The maximum atomic E-state index is 13.0. The molecule has 1 unspecified atom stereocenters. The van der Waals surface area contributed by atoms with Gasteiger partial charge < -0.3 is 16.3 Å². The highest BCUT2D eigenvalue weighted by Gasteiger charge is 2.22. The summed E-state index contributed by atoms with van der Waals surface area (Å²) in [5, 5.41) is 14.2. The first-order valence-electron chi connectivity index (χ1n) is 6.04. The van der Waals surface area contributed by atoms with Crippen molar-refractivity contribution in [2.45, 2.75) is 26.7 Å². The molecule has 0 bridgehead atoms. The summed E-state index contributed by atoms with van der Waals surface area (Å²) in [6.45, 7) is 3.59. The Morgan fingerprint density at radius 1 is 1.58 bits per heavy atom. The van der Waals surface area contributed by atoms with Gasteiger partial charge in [-0.05, 0) is 37.1 Å². The minimum Gasteiger partial charge on any atom is -0.409 e. The Kier molecular flexibility index (Phi) is 5.29. The molecule has 0 aliphatic heterocycles. The molecule has 1 aromatic rings. The summed E-state index contributed by atoms with van der Waals surface area (Å²) in [5.41, 5.74) is 6.63. The maximum Gasteiger partial charge on any atom is 0.235 e. The van der Waals surface area contributed by atoms with Crippen LogP contribution in [0, 0.1) is 18.7 Å². The van der Waals surface area contributed by atoms with Crippen molar-refractivity contribution in [2.24, 2.45) is 16.8 Å². The van der Waals surface area contributed by atoms with E-state index in [4.69, 9.17) is 10.9 Å². The number of nitrogens with zero attached hydrogens (tertiary/aromatic N) is 1. The van der Waals surface area contributed by atoms with Gasteiger partial charge >= 0.3 is 0 Å². The summed E-state index contributed by atoms with van der Waals surface area (Å²) in [6.07, 6.45) is 1.19. The van der Waals surface area contributed by atoms with Crippen LogP contribution >= 0.6 is 0 Å². The molecule has 1 atom stereocenters. The number of carbonyl (C=O) groups is 1. The fraction of sp³-hybridized carbons (Fsp3) is 0.385. The highest BCUT2D eigenvalue weighted by atomic mass is 19.1. The molecule has 1 amide bonds. The molecule has 104 valence electrons. The van der Waals surface area contributed by atoms with Crippen LogP contribution in [0.15, 0.2) is 23.4 Å². The molecule has 0 saturated heterocycles. The molecule has 0 spiro atoms. The molecule has 0 aromatic heterocycles. The Balaban J connectivity index is 2.87. The van der Waals surface area contributed by atoms with Crippen LogP contribution in [0.2, 0.25) is 0 Å². The van der Waals surface area contributed by atoms with E-state index in [0.717, 1.165) is 6.42 Å². The minimum atomic E-state index is -0.695. The molecule has 0 fully saturated rings. The van der Waals surface area contributed by atoms with Gasteiger partial charge in [0.25, 0.3) is 0 Å². The van der Waals surface area contributed by atoms with Crippen molar-refractivity contribution in [3.8, 4) is 0 Å². The number of anilines is 1. The second-order valence-electron chi connectivity index (χ2n) is 4.31. The highest BCUT2D eigenvalue weighted by Crippen LogP contribution is 2.18. The number of hydrogen-bond donors (Lipinski definition) is 3. The lowest BCUT2D eigenvalue weighted by molar-refractivity contribution is -0.118. The fourth-order valence-electron chi connectivity index (χ4n) is 1.76. The Morgan fingerprint density at radius 3 is 2.79 bits per heavy atom. The fourth-order valence-corrected chi connectivity index (χ4v) is 1.76. The standard InChI is InChI=1S/C13H18FN3O2/c1-3-4-10(12(15)17-19)13(18)16-11-6-5-9(14)7-8(11)2/h5-7,10,19H,3-4H2,1-2H3,(H2,15,17)(H,16,18). The van der Waals surface area contributed by atoms with E-state index in [2.05, 4.69) is 10.5 Å². The molecule has 6 heteroatoms. The Bertz CT molecular complexity index is 489. The van der Waals surface area contributed by atoms with E-state index in [1.165, 1.54) is 18.2 Å². The normalized spacial score (nSPS) is 13.1. The van der Waals surface area contributed by atoms with Crippen LogP contribution < -0.4 is 11.1 Å². The summed E-state index contributed by atoms with van der Waals surface area (Å²) in [5.74, 6) is -1.55. The second-order valence-corrected chi connectivity index (χ2v) is 4.31. The van der Waals surface area contributed by atoms with Gasteiger partial charge in [0.1, 0.15) is 5.82 Å². The predicted octanol–water partition coefficient (Wildman–Crippen LogP) is 2.24. The Morgan fingerprint density at radius 2 is 2.26 bits per heavy atom. The molecule has 19 heavy (non-hydrogen) atoms. The van der Waals surface area contributed by atoms with E-state index in [1.807, 2.05) is 6.92 Å². The number of oxime groups is 1. The van der Waals surface area contributed by atoms with Gasteiger partial charge in [0.05, 0.1) is 5.92 Å². The molecular formula is C13H18FN3O2. The summed E-state index contributed by atoms with van der Waals surface area (Å²) < 4.78 is 13.0. The van der Waals surface area contributed by atoms with E-state index < -0.39 is 5.92 Å². The number of halogens is 1. The van der Waals surface area contributed by atoms with E-state index in [1.54, 1.807) is 6.92 Å². The number of amidine groups is 1. The molecule has 0 saturated carbocycles. The molecular weight excluding hydrogens is 249 g/mol. The zero-order chi connectivity index (χ0) is 14.4. The Hall–Kier alpha value is -2.11. The van der Waals surface area contributed by atoms with Crippen LogP contribution in [0.5, 0.6) is 0 Å². The topological polar surface area (TPSA) is 87.7 Å². The molecule has 0 aliphatic carbocycles. The lowest BCUT2D eigenvalue weighted by atomic mass is 10.0. The average Bonchev–Trinajstić information content (AvgIpc) is 2.38. The number of aryl methyl sites for hydroxylation is 1. The number of nitrogens with two attached hydrogens (primary N) is 1. The van der Waals surface area contributed by atoms with Crippen molar-refractivity contribution in [3.05, 3.63) is 29.6 Å². The van der Waals surface area contributed by atoms with Gasteiger partial charge in [-0.15, -0.1) is 0 Å². The van der Waals surface area contributed by atoms with Gasteiger partial charge in [-0.3, -0.25) is 4.79 Å². The van der Waals surface area contributed by atoms with Crippen LogP contribution in [0.25, 0.3) is 0 Å². The number of carbonyl (C=O) groups excluding carboxylic acids is 1. The SMILES string of the molecule is CCCC(C(=O)Nc1ccc(F)cc1C)C(N)=NO. The third-order valence-corrected chi connectivity index (χ3v) is 2.81. The molecule has 0 aliphatic rings. The summed E-state index contributed by atoms with van der Waals surface area (Å²) in [7, 11) is 0. The van der Waals surface area contributed by atoms with E-state index in [-0.39, 0.29) is 17.6 Å². The number of benzene rings is 1. The van der Waals surface area contributed by atoms with Crippen molar-refractivity contribution in [1.29, 1.82) is 0 Å². The zero-order valence-corrected chi connectivity index (χ0v) is 11.0. The van der Waals surface area contributed by atoms with Crippen molar-refractivity contribution >= 4 is 17.4 Å². The summed E-state index contributed by atoms with van der Waals surface area (Å²) >= 11 is 0. The van der Waals surface area contributed by atoms with Crippen molar-refractivity contribution < 1.29 is 14.4 Å². The second kappa shape index (κ2) is 6.72. The Labute approximate surface area is 111 Å². The molecule has 0 heterocycles. The van der Waals surface area contributed by atoms with Crippen LogP contribution in [0.3, 0.4) is 0 Å². The van der Waals surface area contributed by atoms with Gasteiger partial charge in [-0.25, -0.2) is 4.39 Å². The predicted molar refractivity (Wildman–Crippen MR) is 71.6 cm³/mol. The summed E-state index contributed by atoms with van der Waals surface area (Å²) in [4.78, 5) is 12.1. The monoisotopic (exact) mass is 267 g/mol. The minimum absolute atomic E-state index is 0.126. The van der Waals surface area contributed by atoms with Crippen LogP contribution in [0.4, 0.5) is 10.1 Å². The number of amides is 1. The number of hydrogen-bond acceptors (Lipinski definition) is 3. The van der Waals surface area contributed by atoms with Crippen LogP contribution in [-0.4, -0.2) is 17.0 Å². The van der Waals surface area contributed by atoms with E-state index >= 15 is 0 Å². The van der Waals surface area contributed by atoms with Gasteiger partial charge in [-0.2, -0.15) is 0 Å². The number of nitrogens with one attached hydrogen (secondary N) is 1. The van der Waals surface area contributed by atoms with Crippen LogP contribution in [0.1, 0.15) is 25.3 Å². The van der Waals surface area contributed by atoms with Crippen molar-refractivity contribution in [3.63, 3.8) is 0 Å². The zero-order valence-electron chi connectivity index (χ0n) is 11.0. The van der Waals surface area contributed by atoms with Gasteiger partial charge in [0.15, 0.2) is 5.84 Å². The molecule has 5 nitrogen and oxygen atoms in total. The van der Waals surface area contributed by atoms with Crippen LogP contribution in [-0.2, 0) is 4.79 Å². The third kappa shape index (κ3) is 3.94. The van der Waals surface area contributed by atoms with Crippen molar-refractivity contribution in [1.82, 2.24) is 0 Å². The first kappa shape index (κ1) is 14.9. The first-order valence-corrected chi connectivity index (χ1v) is 6.04. The van der Waals surface area contributed by atoms with Gasteiger partial charge in [0.2, 0.25) is 5.91 Å². The molecule has 1 rings (SSSR count). The smallest absolute Gasteiger partial charge is 0.235 e. The molecule has 4 N–H and O–H groups in total. The maximum absolute atomic E-state index is 13.0. The van der Waals surface area contributed by atoms with E-state index in [0.29, 0.717) is 17.7 Å². The van der Waals surface area contributed by atoms with Gasteiger partial charge in [0, 0.05) is 5.69 Å². The van der Waals surface area contributed by atoms with E-state index in [9.17, 15) is 9.18 Å². The molecule has 1 aromatic carbocycles. The first-order chi connectivity index (χ1) is 8.99. The number of rotatable bonds is 5. The quantitative estimate of drug-likeness (QED) is 0.331. The lowest BCUT2D eigenvalue weighted by Crippen LogP contribution is -2.34. The lowest BCUT2D eigenvalue weighted by Gasteiger charge is -2.15.